The van der Waals surface area contributed by atoms with Gasteiger partial charge in [0.25, 0.3) is 5.56 Å². The summed E-state index contributed by atoms with van der Waals surface area (Å²) in [6.45, 7) is 1.31. The van der Waals surface area contributed by atoms with Gasteiger partial charge in [-0.3, -0.25) is 4.79 Å². The third-order valence-corrected chi connectivity index (χ3v) is 7.12. The smallest absolute Gasteiger partial charge is 0.275 e. The first-order valence-corrected chi connectivity index (χ1v) is 11.9. The number of aromatic nitrogens is 3. The van der Waals surface area contributed by atoms with Gasteiger partial charge in [-0.05, 0) is 59.7 Å². The summed E-state index contributed by atoms with van der Waals surface area (Å²) in [7, 11) is 0. The highest BCUT2D eigenvalue weighted by Crippen LogP contribution is 2.40. The molecule has 7 nitrogen and oxygen atoms in total. The van der Waals surface area contributed by atoms with Crippen molar-refractivity contribution in [3.8, 4) is 22.8 Å². The molecule has 1 aliphatic heterocycles. The van der Waals surface area contributed by atoms with Crippen molar-refractivity contribution in [3.05, 3.63) is 87.3 Å². The Morgan fingerprint density at radius 1 is 1.00 bits per heavy atom. The number of hydrogen-bond acceptors (Lipinski definition) is 5. The Morgan fingerprint density at radius 3 is 2.66 bits per heavy atom. The minimum Gasteiger partial charge on any atom is -0.454 e. The van der Waals surface area contributed by atoms with E-state index in [0.717, 1.165) is 57.9 Å². The van der Waals surface area contributed by atoms with Crippen LogP contribution in [0.1, 0.15) is 28.7 Å². The van der Waals surface area contributed by atoms with Crippen LogP contribution < -0.4 is 20.8 Å². The van der Waals surface area contributed by atoms with Gasteiger partial charge in [0.1, 0.15) is 5.69 Å². The van der Waals surface area contributed by atoms with Crippen LogP contribution in [0.15, 0.2) is 59.5 Å². The van der Waals surface area contributed by atoms with Gasteiger partial charge in [-0.1, -0.05) is 24.3 Å². The minimum atomic E-state index is -0.197. The molecule has 174 valence electrons. The molecule has 0 saturated heterocycles. The van der Waals surface area contributed by atoms with E-state index in [9.17, 15) is 4.79 Å². The maximum absolute atomic E-state index is 13.3. The van der Waals surface area contributed by atoms with Crippen molar-refractivity contribution in [2.75, 3.05) is 6.79 Å². The number of H-pyrrole nitrogens is 1. The van der Waals surface area contributed by atoms with Crippen LogP contribution >= 0.6 is 0 Å². The average molecular weight is 465 g/mol. The summed E-state index contributed by atoms with van der Waals surface area (Å²) in [5, 5.41) is 0.905. The Balaban J connectivity index is 1.43. The number of nitrogens with two attached hydrogens (primary N) is 1. The normalized spacial score (nSPS) is 14.2. The van der Waals surface area contributed by atoms with Gasteiger partial charge in [0.2, 0.25) is 6.79 Å². The lowest BCUT2D eigenvalue weighted by Gasteiger charge is -2.08. The molecule has 7 heteroatoms. The van der Waals surface area contributed by atoms with Crippen molar-refractivity contribution < 1.29 is 9.47 Å². The van der Waals surface area contributed by atoms with Crippen LogP contribution in [0, 0.1) is 0 Å². The molecule has 7 rings (SSSR count). The zero-order chi connectivity index (χ0) is 23.5. The number of nitrogens with one attached hydrogen (secondary N) is 1. The minimum absolute atomic E-state index is 0.190. The number of hydrogen-bond donors (Lipinski definition) is 2. The molecule has 0 unspecified atom stereocenters. The Hall–Kier alpha value is -4.10. The van der Waals surface area contributed by atoms with E-state index in [2.05, 4.69) is 33.8 Å². The molecular weight excluding hydrogens is 440 g/mol. The first-order valence-electron chi connectivity index (χ1n) is 11.9. The topological polar surface area (TPSA) is 95.2 Å². The highest BCUT2D eigenvalue weighted by molar-refractivity contribution is 5.98. The molecule has 35 heavy (non-hydrogen) atoms. The molecule has 5 aromatic rings. The number of ether oxygens (including phenoxy) is 2. The Bertz CT molecular complexity index is 1700. The van der Waals surface area contributed by atoms with E-state index in [0.29, 0.717) is 30.3 Å². The van der Waals surface area contributed by atoms with Gasteiger partial charge < -0.3 is 24.8 Å². The van der Waals surface area contributed by atoms with Crippen molar-refractivity contribution in [3.63, 3.8) is 0 Å². The summed E-state index contributed by atoms with van der Waals surface area (Å²) in [6.07, 6.45) is 5.27. The fourth-order valence-corrected chi connectivity index (χ4v) is 5.39. The van der Waals surface area contributed by atoms with Crippen LogP contribution in [0.25, 0.3) is 33.2 Å². The fourth-order valence-electron chi connectivity index (χ4n) is 5.39. The molecule has 0 radical (unpaired) electrons. The second-order valence-electron chi connectivity index (χ2n) is 9.32. The summed E-state index contributed by atoms with van der Waals surface area (Å²) in [5.74, 6) is 1.38. The molecule has 3 aromatic carbocycles. The van der Waals surface area contributed by atoms with Crippen molar-refractivity contribution >= 4 is 21.9 Å². The maximum atomic E-state index is 13.3. The summed E-state index contributed by atoms with van der Waals surface area (Å²) >= 11 is 0. The lowest BCUT2D eigenvalue weighted by molar-refractivity contribution is 0.174. The van der Waals surface area contributed by atoms with E-state index >= 15 is 0 Å². The van der Waals surface area contributed by atoms with Crippen molar-refractivity contribution in [1.29, 1.82) is 0 Å². The number of rotatable bonds is 4. The van der Waals surface area contributed by atoms with Crippen LogP contribution in [0.4, 0.5) is 0 Å². The lowest BCUT2D eigenvalue weighted by Crippen LogP contribution is -2.11. The largest absolute Gasteiger partial charge is 0.454 e. The molecule has 2 aliphatic rings. The molecule has 0 fully saturated rings. The van der Waals surface area contributed by atoms with E-state index in [1.807, 2.05) is 30.5 Å². The van der Waals surface area contributed by atoms with Crippen molar-refractivity contribution in [2.45, 2.75) is 32.4 Å². The predicted octanol–water partition coefficient (Wildman–Crippen LogP) is 4.27. The standard InChI is InChI=1S/C28H24N4O3/c29-12-16-3-1-4-17(7-16)13-32-14-21(20-10-25-26(11-24(20)32)35-15-34-25)27-28(33)31-23-9-19-6-2-5-18(19)8-22(23)30-27/h1,3-4,7-11,14H,2,5-6,12-13,15,29H2,(H,31,33). The van der Waals surface area contributed by atoms with E-state index in [4.69, 9.17) is 20.2 Å². The van der Waals surface area contributed by atoms with Crippen LogP contribution in [-0.4, -0.2) is 21.3 Å². The van der Waals surface area contributed by atoms with Crippen molar-refractivity contribution in [1.82, 2.24) is 14.5 Å². The monoisotopic (exact) mass is 464 g/mol. The highest BCUT2D eigenvalue weighted by atomic mass is 16.7. The zero-order valence-corrected chi connectivity index (χ0v) is 19.1. The summed E-state index contributed by atoms with van der Waals surface area (Å²) < 4.78 is 13.4. The van der Waals surface area contributed by atoms with Gasteiger partial charge in [-0.2, -0.15) is 0 Å². The average Bonchev–Trinajstić information content (AvgIpc) is 3.60. The molecule has 2 aromatic heterocycles. The molecule has 1 aliphatic carbocycles. The first kappa shape index (κ1) is 20.3. The van der Waals surface area contributed by atoms with E-state index in [-0.39, 0.29) is 12.4 Å². The Kier molecular flexibility index (Phi) is 4.47. The van der Waals surface area contributed by atoms with Gasteiger partial charge in [0, 0.05) is 36.3 Å². The van der Waals surface area contributed by atoms with Crippen LogP contribution in [0.5, 0.6) is 11.5 Å². The third-order valence-electron chi connectivity index (χ3n) is 7.12. The van der Waals surface area contributed by atoms with Crippen LogP contribution in [0.2, 0.25) is 0 Å². The van der Waals surface area contributed by atoms with Crippen molar-refractivity contribution in [2.24, 2.45) is 5.73 Å². The molecule has 0 spiro atoms. The zero-order valence-electron chi connectivity index (χ0n) is 19.1. The number of benzene rings is 3. The molecule has 0 atom stereocenters. The molecule has 0 saturated carbocycles. The number of nitrogens with zero attached hydrogens (tertiary/aromatic N) is 2. The van der Waals surface area contributed by atoms with E-state index in [1.165, 1.54) is 11.1 Å². The molecule has 3 heterocycles. The van der Waals surface area contributed by atoms with E-state index in [1.54, 1.807) is 0 Å². The number of aryl methyl sites for hydroxylation is 2. The van der Waals surface area contributed by atoms with Gasteiger partial charge in [0.05, 0.1) is 16.6 Å². The van der Waals surface area contributed by atoms with Gasteiger partial charge in [-0.15, -0.1) is 0 Å². The summed E-state index contributed by atoms with van der Waals surface area (Å²) in [5.41, 5.74) is 14.3. The quantitative estimate of drug-likeness (QED) is 0.414. The summed E-state index contributed by atoms with van der Waals surface area (Å²) in [4.78, 5) is 21.2. The molecule has 0 bridgehead atoms. The highest BCUT2D eigenvalue weighted by Gasteiger charge is 2.22. The maximum Gasteiger partial charge on any atom is 0.275 e. The van der Waals surface area contributed by atoms with E-state index < -0.39 is 0 Å². The van der Waals surface area contributed by atoms with Gasteiger partial charge in [-0.25, -0.2) is 4.98 Å². The molecular formula is C28H24N4O3. The number of aromatic amines is 1. The second-order valence-corrected chi connectivity index (χ2v) is 9.32. The third kappa shape index (κ3) is 3.31. The second kappa shape index (κ2) is 7.71. The first-order chi connectivity index (χ1) is 17.2. The van der Waals surface area contributed by atoms with Crippen LogP contribution in [0.3, 0.4) is 0 Å². The summed E-state index contributed by atoms with van der Waals surface area (Å²) in [6, 6.07) is 16.4. The number of fused-ring (bicyclic) bond motifs is 4. The molecule has 0 amide bonds. The predicted molar refractivity (Wildman–Crippen MR) is 135 cm³/mol. The lowest BCUT2D eigenvalue weighted by atomic mass is 10.1. The van der Waals surface area contributed by atoms with Crippen LogP contribution in [-0.2, 0) is 25.9 Å². The van der Waals surface area contributed by atoms with Gasteiger partial charge >= 0.3 is 0 Å². The Labute approximate surface area is 201 Å². The molecule has 3 N–H and O–H groups in total. The Morgan fingerprint density at radius 2 is 1.80 bits per heavy atom. The fraction of sp³-hybridized carbons (Fsp3) is 0.214. The van der Waals surface area contributed by atoms with Gasteiger partial charge in [0.15, 0.2) is 11.5 Å². The SMILES string of the molecule is NCc1cccc(Cn2cc(-c3nc4cc5c(cc4[nH]c3=O)CCC5)c3cc4c(cc32)OCO4)c1.